The van der Waals surface area contributed by atoms with Gasteiger partial charge in [0.05, 0.1) is 37.9 Å². The summed E-state index contributed by atoms with van der Waals surface area (Å²) in [6.07, 6.45) is 0. The van der Waals surface area contributed by atoms with Crippen LogP contribution >= 0.6 is 11.6 Å². The van der Waals surface area contributed by atoms with Crippen molar-refractivity contribution < 1.29 is 9.47 Å². The predicted molar refractivity (Wildman–Crippen MR) is 76.8 cm³/mol. The highest BCUT2D eigenvalue weighted by Gasteiger charge is 2.50. The van der Waals surface area contributed by atoms with Gasteiger partial charge in [0.15, 0.2) is 0 Å². The third kappa shape index (κ3) is 2.49. The average molecular weight is 293 g/mol. The monoisotopic (exact) mass is 292 g/mol. The summed E-state index contributed by atoms with van der Waals surface area (Å²) in [7, 11) is 0. The molecule has 0 aliphatic carbocycles. The number of benzene rings is 1. The van der Waals surface area contributed by atoms with Gasteiger partial charge in [-0.2, -0.15) is 5.26 Å². The minimum absolute atomic E-state index is 0.0791. The van der Waals surface area contributed by atoms with Crippen molar-refractivity contribution in [2.75, 3.05) is 31.2 Å². The third-order valence-electron chi connectivity index (χ3n) is 3.69. The summed E-state index contributed by atoms with van der Waals surface area (Å²) >= 11 is 6.03. The first kappa shape index (κ1) is 13.7. The second-order valence-electron chi connectivity index (χ2n) is 6.32. The zero-order valence-electron chi connectivity index (χ0n) is 11.6. The van der Waals surface area contributed by atoms with Crippen LogP contribution in [0.25, 0.3) is 0 Å². The van der Waals surface area contributed by atoms with Gasteiger partial charge in [-0.25, -0.2) is 0 Å². The van der Waals surface area contributed by atoms with Gasteiger partial charge >= 0.3 is 0 Å². The van der Waals surface area contributed by atoms with Crippen molar-refractivity contribution in [1.82, 2.24) is 0 Å². The summed E-state index contributed by atoms with van der Waals surface area (Å²) in [5.74, 6) is -0.482. The van der Waals surface area contributed by atoms with Gasteiger partial charge in [-0.1, -0.05) is 25.4 Å². The van der Waals surface area contributed by atoms with Gasteiger partial charge < -0.3 is 14.4 Å². The van der Waals surface area contributed by atoms with E-state index in [1.54, 1.807) is 6.07 Å². The zero-order chi connectivity index (χ0) is 14.4. The highest BCUT2D eigenvalue weighted by atomic mass is 35.5. The lowest BCUT2D eigenvalue weighted by Crippen LogP contribution is -2.68. The Morgan fingerprint density at radius 2 is 1.85 bits per heavy atom. The van der Waals surface area contributed by atoms with E-state index in [0.29, 0.717) is 36.9 Å². The number of nitriles is 1. The fourth-order valence-corrected chi connectivity index (χ4v) is 2.69. The summed E-state index contributed by atoms with van der Waals surface area (Å²) in [6, 6.07) is 7.48. The fraction of sp³-hybridized carbons (Fsp3) is 0.533. The van der Waals surface area contributed by atoms with Crippen LogP contribution in [0.2, 0.25) is 5.02 Å². The molecule has 3 rings (SSSR count). The van der Waals surface area contributed by atoms with E-state index in [0.717, 1.165) is 5.69 Å². The van der Waals surface area contributed by atoms with Gasteiger partial charge in [0.2, 0.25) is 5.79 Å². The Hall–Kier alpha value is -1.28. The first-order valence-corrected chi connectivity index (χ1v) is 7.03. The largest absolute Gasteiger partial charge is 0.360 e. The molecule has 2 saturated heterocycles. The summed E-state index contributed by atoms with van der Waals surface area (Å²) in [6.45, 7) is 7.03. The molecular formula is C15H17ClN2O2. The Morgan fingerprint density at radius 1 is 1.20 bits per heavy atom. The van der Waals surface area contributed by atoms with E-state index in [1.807, 2.05) is 12.1 Å². The lowest BCUT2D eigenvalue weighted by molar-refractivity contribution is -0.307. The van der Waals surface area contributed by atoms with E-state index in [1.165, 1.54) is 0 Å². The van der Waals surface area contributed by atoms with Gasteiger partial charge in [0.1, 0.15) is 0 Å². The van der Waals surface area contributed by atoms with Crippen LogP contribution in [0, 0.1) is 16.7 Å². The molecule has 4 nitrogen and oxygen atoms in total. The molecule has 2 aliphatic heterocycles. The Labute approximate surface area is 123 Å². The molecule has 0 radical (unpaired) electrons. The highest BCUT2D eigenvalue weighted by Crippen LogP contribution is 2.38. The van der Waals surface area contributed by atoms with Crippen LogP contribution in [0.5, 0.6) is 0 Å². The molecule has 2 heterocycles. The summed E-state index contributed by atoms with van der Waals surface area (Å²) < 4.78 is 11.8. The van der Waals surface area contributed by atoms with Crippen molar-refractivity contribution in [2.45, 2.75) is 19.6 Å². The van der Waals surface area contributed by atoms with Gasteiger partial charge in [-0.05, 0) is 18.2 Å². The Balaban J connectivity index is 1.69. The predicted octanol–water partition coefficient (Wildman–Crippen LogP) is 2.80. The van der Waals surface area contributed by atoms with Crippen LogP contribution in [-0.4, -0.2) is 32.1 Å². The molecule has 1 spiro atoms. The molecule has 20 heavy (non-hydrogen) atoms. The number of rotatable bonds is 1. The molecule has 0 aromatic heterocycles. The maximum absolute atomic E-state index is 8.98. The van der Waals surface area contributed by atoms with E-state index in [9.17, 15) is 0 Å². The molecule has 0 saturated carbocycles. The number of ether oxygens (including phenoxy) is 2. The second kappa shape index (κ2) is 4.63. The highest BCUT2D eigenvalue weighted by molar-refractivity contribution is 6.31. The molecule has 106 valence electrons. The van der Waals surface area contributed by atoms with Crippen LogP contribution in [0.1, 0.15) is 19.4 Å². The standard InChI is InChI=1S/C15H17ClN2O2/c1-14(2)9-19-15(20-10-14)7-18(8-15)13-4-11(6-17)3-12(16)5-13/h3-5H,7-10H2,1-2H3. The molecule has 0 atom stereocenters. The van der Waals surface area contributed by atoms with Gasteiger partial charge in [0, 0.05) is 16.1 Å². The summed E-state index contributed by atoms with van der Waals surface area (Å²) in [4.78, 5) is 2.12. The quantitative estimate of drug-likeness (QED) is 0.798. The lowest BCUT2D eigenvalue weighted by atomic mass is 9.93. The van der Waals surface area contributed by atoms with Gasteiger partial charge in [-0.15, -0.1) is 0 Å². The van der Waals surface area contributed by atoms with Crippen molar-refractivity contribution in [1.29, 1.82) is 5.26 Å². The van der Waals surface area contributed by atoms with E-state index >= 15 is 0 Å². The molecule has 0 N–H and O–H groups in total. The number of hydrogen-bond acceptors (Lipinski definition) is 4. The molecule has 2 fully saturated rings. The van der Waals surface area contributed by atoms with Crippen molar-refractivity contribution in [3.05, 3.63) is 28.8 Å². The van der Waals surface area contributed by atoms with Crippen molar-refractivity contribution in [2.24, 2.45) is 5.41 Å². The van der Waals surface area contributed by atoms with E-state index in [4.69, 9.17) is 26.3 Å². The first-order valence-electron chi connectivity index (χ1n) is 6.65. The van der Waals surface area contributed by atoms with Gasteiger partial charge in [-0.3, -0.25) is 0 Å². The third-order valence-corrected chi connectivity index (χ3v) is 3.91. The molecule has 5 heteroatoms. The SMILES string of the molecule is CC1(C)COC2(CN(c3cc(Cl)cc(C#N)c3)C2)OC1. The molecular weight excluding hydrogens is 276 g/mol. The minimum atomic E-state index is -0.482. The lowest BCUT2D eigenvalue weighted by Gasteiger charge is -2.54. The topological polar surface area (TPSA) is 45.5 Å². The maximum Gasteiger partial charge on any atom is 0.203 e. The number of halogens is 1. The molecule has 2 aliphatic rings. The Morgan fingerprint density at radius 3 is 2.45 bits per heavy atom. The molecule has 0 amide bonds. The van der Waals surface area contributed by atoms with Crippen LogP contribution in [0.3, 0.4) is 0 Å². The van der Waals surface area contributed by atoms with E-state index in [-0.39, 0.29) is 5.41 Å². The zero-order valence-corrected chi connectivity index (χ0v) is 12.4. The summed E-state index contributed by atoms with van der Waals surface area (Å²) in [5.41, 5.74) is 1.59. The Kier molecular flexibility index (Phi) is 3.17. The first-order chi connectivity index (χ1) is 9.41. The van der Waals surface area contributed by atoms with Crippen LogP contribution in [0.15, 0.2) is 18.2 Å². The van der Waals surface area contributed by atoms with Crippen molar-refractivity contribution in [3.8, 4) is 6.07 Å². The van der Waals surface area contributed by atoms with Crippen LogP contribution < -0.4 is 4.90 Å². The Bertz CT molecular complexity index is 562. The van der Waals surface area contributed by atoms with E-state index < -0.39 is 5.79 Å². The average Bonchev–Trinajstić information content (AvgIpc) is 2.36. The molecule has 0 bridgehead atoms. The smallest absolute Gasteiger partial charge is 0.203 e. The number of anilines is 1. The second-order valence-corrected chi connectivity index (χ2v) is 6.75. The van der Waals surface area contributed by atoms with Crippen molar-refractivity contribution in [3.63, 3.8) is 0 Å². The molecule has 0 unspecified atom stereocenters. The van der Waals surface area contributed by atoms with Crippen LogP contribution in [0.4, 0.5) is 5.69 Å². The minimum Gasteiger partial charge on any atom is -0.360 e. The van der Waals surface area contributed by atoms with E-state index in [2.05, 4.69) is 24.8 Å². The number of hydrogen-bond donors (Lipinski definition) is 0. The summed E-state index contributed by atoms with van der Waals surface area (Å²) in [5, 5.41) is 9.56. The molecule has 1 aromatic carbocycles. The maximum atomic E-state index is 8.98. The molecule has 1 aromatic rings. The fourth-order valence-electron chi connectivity index (χ4n) is 2.46. The van der Waals surface area contributed by atoms with Crippen LogP contribution in [-0.2, 0) is 9.47 Å². The normalized spacial score (nSPS) is 23.2. The van der Waals surface area contributed by atoms with Gasteiger partial charge in [0.25, 0.3) is 0 Å². The number of nitrogens with zero attached hydrogens (tertiary/aromatic N) is 2. The van der Waals surface area contributed by atoms with Crippen molar-refractivity contribution >= 4 is 17.3 Å².